The van der Waals surface area contributed by atoms with E-state index in [0.29, 0.717) is 0 Å². The molecule has 0 aromatic heterocycles. The first kappa shape index (κ1) is 12.5. The molecule has 1 unspecified atom stereocenters. The number of hydrogen-bond acceptors (Lipinski definition) is 2. The molecule has 0 saturated carbocycles. The molecule has 16 heavy (non-hydrogen) atoms. The maximum atomic E-state index is 13.2. The predicted octanol–water partition coefficient (Wildman–Crippen LogP) is 2.94. The summed E-state index contributed by atoms with van der Waals surface area (Å²) in [5.74, 6) is -1.77. The zero-order valence-corrected chi connectivity index (χ0v) is 7.96. The van der Waals surface area contributed by atoms with Gasteiger partial charge in [0.1, 0.15) is 17.7 Å². The minimum atomic E-state index is -4.94. The van der Waals surface area contributed by atoms with Crippen molar-refractivity contribution in [2.75, 3.05) is 0 Å². The van der Waals surface area contributed by atoms with Crippen LogP contribution in [0.25, 0.3) is 0 Å². The summed E-state index contributed by atoms with van der Waals surface area (Å²) in [6.45, 7) is 3.16. The van der Waals surface area contributed by atoms with Gasteiger partial charge in [0.2, 0.25) is 0 Å². The molecule has 0 bridgehead atoms. The maximum absolute atomic E-state index is 13.2. The fourth-order valence-electron chi connectivity index (χ4n) is 1.14. The van der Waals surface area contributed by atoms with Crippen molar-refractivity contribution in [1.82, 2.24) is 0 Å². The summed E-state index contributed by atoms with van der Waals surface area (Å²) in [6.07, 6.45) is -5.59. The molecule has 0 aliphatic carbocycles. The Morgan fingerprint density at radius 3 is 2.50 bits per heavy atom. The highest BCUT2D eigenvalue weighted by Gasteiger charge is 2.33. The molecule has 1 atom stereocenters. The van der Waals surface area contributed by atoms with Crippen molar-refractivity contribution in [3.8, 4) is 5.75 Å². The fraction of sp³-hybridized carbons (Fsp3) is 0.200. The van der Waals surface area contributed by atoms with Gasteiger partial charge in [-0.2, -0.15) is 0 Å². The van der Waals surface area contributed by atoms with Gasteiger partial charge in [-0.25, -0.2) is 4.39 Å². The van der Waals surface area contributed by atoms with Crippen LogP contribution in [0.5, 0.6) is 5.75 Å². The van der Waals surface area contributed by atoms with E-state index in [1.54, 1.807) is 0 Å². The van der Waals surface area contributed by atoms with E-state index >= 15 is 0 Å². The van der Waals surface area contributed by atoms with Crippen LogP contribution in [0.4, 0.5) is 17.6 Å². The topological polar surface area (TPSA) is 29.5 Å². The van der Waals surface area contributed by atoms with Gasteiger partial charge in [0.15, 0.2) is 0 Å². The molecule has 1 N–H and O–H groups in total. The molecule has 0 fully saturated rings. The van der Waals surface area contributed by atoms with Gasteiger partial charge in [0.25, 0.3) is 0 Å². The summed E-state index contributed by atoms with van der Waals surface area (Å²) >= 11 is 0. The molecule has 0 aliphatic rings. The zero-order chi connectivity index (χ0) is 12.3. The molecular weight excluding hydrogens is 228 g/mol. The average Bonchev–Trinajstić information content (AvgIpc) is 2.14. The van der Waals surface area contributed by atoms with Crippen molar-refractivity contribution in [3.63, 3.8) is 0 Å². The molecule has 1 rings (SSSR count). The van der Waals surface area contributed by atoms with Crippen LogP contribution in [0.15, 0.2) is 30.9 Å². The van der Waals surface area contributed by atoms with E-state index in [1.807, 2.05) is 0 Å². The zero-order valence-electron chi connectivity index (χ0n) is 7.96. The first-order valence-corrected chi connectivity index (χ1v) is 4.20. The van der Waals surface area contributed by atoms with E-state index < -0.39 is 29.6 Å². The third-order valence-corrected chi connectivity index (χ3v) is 1.76. The van der Waals surface area contributed by atoms with Crippen molar-refractivity contribution in [2.24, 2.45) is 0 Å². The van der Waals surface area contributed by atoms with Crippen LogP contribution in [-0.2, 0) is 0 Å². The average molecular weight is 236 g/mol. The second kappa shape index (κ2) is 4.52. The summed E-state index contributed by atoms with van der Waals surface area (Å²) in [6, 6.07) is 2.89. The van der Waals surface area contributed by atoms with E-state index in [-0.39, 0.29) is 0 Å². The van der Waals surface area contributed by atoms with Crippen LogP contribution in [0.1, 0.15) is 11.7 Å². The van der Waals surface area contributed by atoms with Crippen LogP contribution >= 0.6 is 0 Å². The van der Waals surface area contributed by atoms with Crippen molar-refractivity contribution in [3.05, 3.63) is 42.2 Å². The number of rotatable bonds is 3. The summed E-state index contributed by atoms with van der Waals surface area (Å²) in [7, 11) is 0. The van der Waals surface area contributed by atoms with Gasteiger partial charge >= 0.3 is 6.36 Å². The molecule has 0 saturated heterocycles. The first-order chi connectivity index (χ1) is 7.35. The van der Waals surface area contributed by atoms with Gasteiger partial charge in [0.05, 0.1) is 5.56 Å². The maximum Gasteiger partial charge on any atom is 0.573 e. The van der Waals surface area contributed by atoms with Crippen molar-refractivity contribution < 1.29 is 27.4 Å². The van der Waals surface area contributed by atoms with Crippen LogP contribution in [0.3, 0.4) is 0 Å². The normalized spacial score (nSPS) is 13.3. The van der Waals surface area contributed by atoms with Crippen molar-refractivity contribution in [1.29, 1.82) is 0 Å². The van der Waals surface area contributed by atoms with Crippen LogP contribution in [0, 0.1) is 5.82 Å². The highest BCUT2D eigenvalue weighted by molar-refractivity contribution is 5.38. The summed E-state index contributed by atoms with van der Waals surface area (Å²) in [5, 5.41) is 9.28. The molecule has 0 spiro atoms. The van der Waals surface area contributed by atoms with Gasteiger partial charge < -0.3 is 9.84 Å². The largest absolute Gasteiger partial charge is 0.573 e. The Hall–Kier alpha value is -1.56. The van der Waals surface area contributed by atoms with Crippen LogP contribution in [0.2, 0.25) is 0 Å². The molecular formula is C10H8F4O2. The molecule has 2 nitrogen and oxygen atoms in total. The van der Waals surface area contributed by atoms with E-state index in [1.165, 1.54) is 0 Å². The van der Waals surface area contributed by atoms with Gasteiger partial charge in [0, 0.05) is 0 Å². The highest BCUT2D eigenvalue weighted by Crippen LogP contribution is 2.32. The molecule has 1 aromatic carbocycles. The molecule has 1 aromatic rings. The second-order valence-electron chi connectivity index (χ2n) is 2.88. The minimum Gasteiger partial charge on any atom is -0.405 e. The lowest BCUT2D eigenvalue weighted by Gasteiger charge is -2.15. The molecule has 0 radical (unpaired) electrons. The van der Waals surface area contributed by atoms with Gasteiger partial charge in [-0.3, -0.25) is 0 Å². The van der Waals surface area contributed by atoms with E-state index in [9.17, 15) is 22.7 Å². The Kier molecular flexibility index (Phi) is 3.54. The third kappa shape index (κ3) is 2.96. The highest BCUT2D eigenvalue weighted by atomic mass is 19.4. The van der Waals surface area contributed by atoms with E-state index in [2.05, 4.69) is 11.3 Å². The summed E-state index contributed by atoms with van der Waals surface area (Å²) in [4.78, 5) is 0. The SMILES string of the molecule is C=CC(O)c1c(F)cccc1OC(F)(F)F. The van der Waals surface area contributed by atoms with Gasteiger partial charge in [-0.15, -0.1) is 19.8 Å². The summed E-state index contributed by atoms with van der Waals surface area (Å²) < 4.78 is 52.7. The number of ether oxygens (including phenoxy) is 1. The van der Waals surface area contributed by atoms with Crippen LogP contribution in [-0.4, -0.2) is 11.5 Å². The van der Waals surface area contributed by atoms with E-state index in [0.717, 1.165) is 24.3 Å². The third-order valence-electron chi connectivity index (χ3n) is 1.76. The Morgan fingerprint density at radius 1 is 1.38 bits per heavy atom. The molecule has 0 aliphatic heterocycles. The monoisotopic (exact) mass is 236 g/mol. The van der Waals surface area contributed by atoms with Gasteiger partial charge in [-0.05, 0) is 12.1 Å². The number of aliphatic hydroxyl groups is 1. The molecule has 88 valence electrons. The fourth-order valence-corrected chi connectivity index (χ4v) is 1.14. The Bertz CT molecular complexity index is 387. The number of aliphatic hydroxyl groups excluding tert-OH is 1. The number of halogens is 4. The quantitative estimate of drug-likeness (QED) is 0.645. The second-order valence-corrected chi connectivity index (χ2v) is 2.88. The lowest BCUT2D eigenvalue weighted by atomic mass is 10.1. The molecule has 0 heterocycles. The summed E-state index contributed by atoms with van der Waals surface area (Å²) in [5.41, 5.74) is -0.588. The minimum absolute atomic E-state index is 0.588. The Balaban J connectivity index is 3.18. The smallest absolute Gasteiger partial charge is 0.405 e. The van der Waals surface area contributed by atoms with Crippen molar-refractivity contribution >= 4 is 0 Å². The molecule has 6 heteroatoms. The number of alkyl halides is 3. The Labute approximate surface area is 88.8 Å². The lowest BCUT2D eigenvalue weighted by molar-refractivity contribution is -0.275. The molecule has 0 amide bonds. The predicted molar refractivity (Wildman–Crippen MR) is 48.2 cm³/mol. The standard InChI is InChI=1S/C10H8F4O2/c1-2-7(15)9-6(11)4-3-5-8(9)16-10(12,13)14/h2-5,7,15H,1H2. The van der Waals surface area contributed by atoms with Crippen LogP contribution < -0.4 is 4.74 Å². The van der Waals surface area contributed by atoms with Gasteiger partial charge in [-0.1, -0.05) is 12.1 Å². The number of hydrogen-bond donors (Lipinski definition) is 1. The Morgan fingerprint density at radius 2 is 2.00 bits per heavy atom. The van der Waals surface area contributed by atoms with Crippen molar-refractivity contribution in [2.45, 2.75) is 12.5 Å². The lowest BCUT2D eigenvalue weighted by Crippen LogP contribution is -2.19. The first-order valence-electron chi connectivity index (χ1n) is 4.20. The van der Waals surface area contributed by atoms with E-state index in [4.69, 9.17) is 0 Å². The number of benzene rings is 1.